The highest BCUT2D eigenvalue weighted by Gasteiger charge is 2.35. The number of carbonyl (C=O) groups excluding carboxylic acids is 1. The van der Waals surface area contributed by atoms with Gasteiger partial charge in [0.1, 0.15) is 0 Å². The second-order valence-corrected chi connectivity index (χ2v) is 8.13. The third-order valence-corrected chi connectivity index (χ3v) is 5.99. The summed E-state index contributed by atoms with van der Waals surface area (Å²) in [4.78, 5) is 20.2. The molecule has 7 nitrogen and oxygen atoms in total. The Balaban J connectivity index is 1.78. The van der Waals surface area contributed by atoms with E-state index in [1.807, 2.05) is 54.6 Å². The number of nitrogens with two attached hydrogens (primary N) is 1. The van der Waals surface area contributed by atoms with Crippen LogP contribution in [-0.2, 0) is 11.3 Å². The molecule has 1 amide bonds. The first kappa shape index (κ1) is 22.4. The van der Waals surface area contributed by atoms with Crippen molar-refractivity contribution in [2.75, 3.05) is 19.1 Å². The Kier molecular flexibility index (Phi) is 6.67. The zero-order valence-electron chi connectivity index (χ0n) is 18.2. The zero-order valence-corrected chi connectivity index (χ0v) is 19.0. The number of ether oxygens (including phenoxy) is 2. The van der Waals surface area contributed by atoms with E-state index in [9.17, 15) is 9.90 Å². The van der Waals surface area contributed by atoms with Crippen LogP contribution < -0.4 is 20.1 Å². The number of phenols is 1. The number of hydrogen-bond acceptors (Lipinski definition) is 7. The Morgan fingerprint density at radius 3 is 2.24 bits per heavy atom. The van der Waals surface area contributed by atoms with Gasteiger partial charge in [0, 0.05) is 6.54 Å². The van der Waals surface area contributed by atoms with Gasteiger partial charge in [-0.05, 0) is 65.4 Å². The number of phenolic OH excluding ortho intramolecular Hbond substituents is 1. The van der Waals surface area contributed by atoms with Crippen LogP contribution in [0.4, 0.5) is 11.4 Å². The van der Waals surface area contributed by atoms with E-state index in [0.717, 1.165) is 11.3 Å². The summed E-state index contributed by atoms with van der Waals surface area (Å²) in [5.41, 5.74) is 8.78. The topological polar surface area (TPSA) is 97.4 Å². The van der Waals surface area contributed by atoms with Crippen molar-refractivity contribution < 1.29 is 19.4 Å². The molecule has 0 spiro atoms. The third-order valence-electron chi connectivity index (χ3n) is 5.02. The molecule has 33 heavy (non-hydrogen) atoms. The molecule has 1 heterocycles. The highest BCUT2D eigenvalue weighted by molar-refractivity contribution is 8.19. The van der Waals surface area contributed by atoms with Crippen molar-refractivity contribution in [1.82, 2.24) is 0 Å². The van der Waals surface area contributed by atoms with Crippen LogP contribution in [0.25, 0.3) is 6.08 Å². The first-order valence-corrected chi connectivity index (χ1v) is 11.0. The van der Waals surface area contributed by atoms with Crippen LogP contribution in [0, 0.1) is 0 Å². The third kappa shape index (κ3) is 4.72. The number of para-hydroxylation sites is 1. The minimum atomic E-state index is -0.207. The van der Waals surface area contributed by atoms with E-state index in [1.54, 1.807) is 23.1 Å². The Hall–Kier alpha value is -3.75. The van der Waals surface area contributed by atoms with Crippen LogP contribution in [0.2, 0.25) is 0 Å². The van der Waals surface area contributed by atoms with E-state index in [2.05, 4.69) is 0 Å². The summed E-state index contributed by atoms with van der Waals surface area (Å²) in [7, 11) is 2.91. The van der Waals surface area contributed by atoms with E-state index < -0.39 is 0 Å². The van der Waals surface area contributed by atoms with Crippen molar-refractivity contribution in [1.29, 1.82) is 0 Å². The standard InChI is InChI=1S/C25H23N3O4S/c1-31-20-12-17(13-21(32-2)23(20)29)14-22-24(30)28(19-10-8-16(15-26)9-11-19)25(33-22)27-18-6-4-3-5-7-18/h3-14,29H,15,26H2,1-2H3/b22-14-,27-25?. The molecule has 4 rings (SSSR count). The lowest BCUT2D eigenvalue weighted by Crippen LogP contribution is -2.28. The lowest BCUT2D eigenvalue weighted by atomic mass is 10.1. The summed E-state index contributed by atoms with van der Waals surface area (Å²) in [6.45, 7) is 0.420. The average Bonchev–Trinajstić information content (AvgIpc) is 3.14. The Bertz CT molecular complexity index is 1200. The van der Waals surface area contributed by atoms with E-state index in [-0.39, 0.29) is 23.2 Å². The van der Waals surface area contributed by atoms with Crippen LogP contribution in [0.5, 0.6) is 17.2 Å². The van der Waals surface area contributed by atoms with Crippen molar-refractivity contribution in [2.45, 2.75) is 6.54 Å². The minimum absolute atomic E-state index is 0.0968. The normalized spacial score (nSPS) is 16.0. The molecule has 0 radical (unpaired) electrons. The second kappa shape index (κ2) is 9.81. The van der Waals surface area contributed by atoms with Crippen LogP contribution in [0.3, 0.4) is 0 Å². The van der Waals surface area contributed by atoms with Crippen molar-refractivity contribution in [3.05, 3.63) is 82.8 Å². The van der Waals surface area contributed by atoms with Gasteiger partial charge in [-0.2, -0.15) is 0 Å². The molecule has 3 aromatic carbocycles. The summed E-state index contributed by atoms with van der Waals surface area (Å²) in [6, 6.07) is 20.3. The van der Waals surface area contributed by atoms with Gasteiger partial charge in [0.25, 0.3) is 5.91 Å². The van der Waals surface area contributed by atoms with Crippen molar-refractivity contribution in [3.63, 3.8) is 0 Å². The van der Waals surface area contributed by atoms with E-state index in [0.29, 0.717) is 27.9 Å². The Labute approximate surface area is 196 Å². The number of aromatic hydroxyl groups is 1. The van der Waals surface area contributed by atoms with Gasteiger partial charge in [-0.3, -0.25) is 9.69 Å². The fourth-order valence-corrected chi connectivity index (χ4v) is 4.32. The molecule has 0 bridgehead atoms. The number of amides is 1. The van der Waals surface area contributed by atoms with Crippen molar-refractivity contribution in [2.24, 2.45) is 10.7 Å². The van der Waals surface area contributed by atoms with Crippen LogP contribution >= 0.6 is 11.8 Å². The Morgan fingerprint density at radius 2 is 1.67 bits per heavy atom. The van der Waals surface area contributed by atoms with Gasteiger partial charge >= 0.3 is 0 Å². The quantitative estimate of drug-likeness (QED) is 0.518. The summed E-state index contributed by atoms with van der Waals surface area (Å²) >= 11 is 1.27. The summed E-state index contributed by atoms with van der Waals surface area (Å²) in [6.07, 6.45) is 1.73. The average molecular weight is 462 g/mol. The SMILES string of the molecule is COc1cc(/C=C2\SC(=Nc3ccccc3)N(c3ccc(CN)cc3)C2=O)cc(OC)c1O. The monoisotopic (exact) mass is 461 g/mol. The fraction of sp³-hybridized carbons (Fsp3) is 0.120. The number of thioether (sulfide) groups is 1. The molecule has 8 heteroatoms. The molecule has 0 aromatic heterocycles. The van der Waals surface area contributed by atoms with Crippen LogP contribution in [0.15, 0.2) is 76.6 Å². The molecule has 1 aliphatic rings. The van der Waals surface area contributed by atoms with E-state index >= 15 is 0 Å². The number of anilines is 1. The molecule has 0 atom stereocenters. The summed E-state index contributed by atoms with van der Waals surface area (Å²) < 4.78 is 10.5. The maximum atomic E-state index is 13.5. The number of benzene rings is 3. The van der Waals surface area contributed by atoms with Crippen molar-refractivity contribution in [3.8, 4) is 17.2 Å². The number of rotatable bonds is 6. The van der Waals surface area contributed by atoms with E-state index in [1.165, 1.54) is 26.0 Å². The molecule has 3 aromatic rings. The number of amidine groups is 1. The van der Waals surface area contributed by atoms with Gasteiger partial charge in [0.05, 0.1) is 30.5 Å². The molecule has 0 unspecified atom stereocenters. The van der Waals surface area contributed by atoms with Crippen LogP contribution in [0.1, 0.15) is 11.1 Å². The van der Waals surface area contributed by atoms with Crippen molar-refractivity contribution >= 4 is 40.3 Å². The highest BCUT2D eigenvalue weighted by atomic mass is 32.2. The first-order valence-electron chi connectivity index (χ1n) is 10.2. The number of nitrogens with zero attached hydrogens (tertiary/aromatic N) is 2. The van der Waals surface area contributed by atoms with Gasteiger partial charge in [0.15, 0.2) is 16.7 Å². The van der Waals surface area contributed by atoms with Gasteiger partial charge in [-0.1, -0.05) is 30.3 Å². The molecule has 3 N–H and O–H groups in total. The minimum Gasteiger partial charge on any atom is -0.502 e. The lowest BCUT2D eigenvalue weighted by molar-refractivity contribution is -0.113. The molecule has 0 aliphatic carbocycles. The van der Waals surface area contributed by atoms with Crippen LogP contribution in [-0.4, -0.2) is 30.4 Å². The molecule has 1 saturated heterocycles. The molecule has 1 fully saturated rings. The zero-order chi connectivity index (χ0) is 23.4. The predicted octanol–water partition coefficient (Wildman–Crippen LogP) is 4.68. The number of hydrogen-bond donors (Lipinski definition) is 2. The van der Waals surface area contributed by atoms with E-state index in [4.69, 9.17) is 20.2 Å². The van der Waals surface area contributed by atoms with Gasteiger partial charge in [0.2, 0.25) is 5.75 Å². The largest absolute Gasteiger partial charge is 0.502 e. The first-order chi connectivity index (χ1) is 16.0. The van der Waals surface area contributed by atoms with Gasteiger partial charge in [-0.25, -0.2) is 4.99 Å². The molecule has 0 saturated carbocycles. The summed E-state index contributed by atoms with van der Waals surface area (Å²) in [5, 5.41) is 10.7. The Morgan fingerprint density at radius 1 is 1.03 bits per heavy atom. The fourth-order valence-electron chi connectivity index (χ4n) is 3.32. The molecular formula is C25H23N3O4S. The summed E-state index contributed by atoms with van der Waals surface area (Å²) in [5.74, 6) is 0.204. The predicted molar refractivity (Wildman–Crippen MR) is 132 cm³/mol. The second-order valence-electron chi connectivity index (χ2n) is 7.13. The molecular weight excluding hydrogens is 438 g/mol. The van der Waals surface area contributed by atoms with Gasteiger partial charge < -0.3 is 20.3 Å². The number of methoxy groups -OCH3 is 2. The maximum Gasteiger partial charge on any atom is 0.271 e. The highest BCUT2D eigenvalue weighted by Crippen LogP contribution is 2.41. The van der Waals surface area contributed by atoms with Gasteiger partial charge in [-0.15, -0.1) is 0 Å². The molecule has 168 valence electrons. The lowest BCUT2D eigenvalue weighted by Gasteiger charge is -2.16. The number of carbonyl (C=O) groups is 1. The maximum absolute atomic E-state index is 13.5. The number of aliphatic imine (C=N–C) groups is 1. The smallest absolute Gasteiger partial charge is 0.271 e. The molecule has 1 aliphatic heterocycles.